The Morgan fingerprint density at radius 2 is 1.12 bits per heavy atom. The summed E-state index contributed by atoms with van der Waals surface area (Å²) in [5.41, 5.74) is 0. The minimum atomic E-state index is -4.15. The molecule has 0 amide bonds. The fourth-order valence-corrected chi connectivity index (χ4v) is 5.77. The van der Waals surface area contributed by atoms with Gasteiger partial charge in [-0.25, -0.2) is 0 Å². The zero-order chi connectivity index (χ0) is 23.5. The molecule has 0 saturated heterocycles. The van der Waals surface area contributed by atoms with Crippen LogP contribution in [0.3, 0.4) is 0 Å². The van der Waals surface area contributed by atoms with Gasteiger partial charge in [0.05, 0.1) is 32.8 Å². The molecular formula is C26H54NO4P. The Bertz CT molecular complexity index is 467. The van der Waals surface area contributed by atoms with Gasteiger partial charge in [0.2, 0.25) is 0 Å². The number of hydrogen-bond acceptors (Lipinski definition) is 4. The normalized spacial score (nSPS) is 21.2. The van der Waals surface area contributed by atoms with Crippen LogP contribution in [0, 0.1) is 0 Å². The smallest absolute Gasteiger partial charge is 0.268 e. The van der Waals surface area contributed by atoms with Gasteiger partial charge in [0.25, 0.3) is 7.82 Å². The molecule has 1 aliphatic carbocycles. The molecule has 1 aliphatic rings. The lowest BCUT2D eigenvalue weighted by Crippen LogP contribution is -3.10. The molecule has 1 N–H and O–H groups in total. The van der Waals surface area contributed by atoms with Crippen LogP contribution in [-0.2, 0) is 13.6 Å². The van der Waals surface area contributed by atoms with Crippen LogP contribution in [0.5, 0.6) is 0 Å². The Balaban J connectivity index is 1.85. The zero-order valence-corrected chi connectivity index (χ0v) is 22.5. The number of hydrogen-bond donors (Lipinski definition) is 1. The van der Waals surface area contributed by atoms with Gasteiger partial charge in [-0.2, -0.15) is 0 Å². The molecule has 1 saturated carbocycles. The fraction of sp³-hybridized carbons (Fsp3) is 1.00. The van der Waals surface area contributed by atoms with Crippen LogP contribution in [0.4, 0.5) is 0 Å². The predicted octanol–water partition coefficient (Wildman–Crippen LogP) is 6.21. The van der Waals surface area contributed by atoms with E-state index in [0.29, 0.717) is 6.04 Å². The van der Waals surface area contributed by atoms with Gasteiger partial charge >= 0.3 is 0 Å². The van der Waals surface area contributed by atoms with Crippen molar-refractivity contribution in [1.29, 1.82) is 0 Å². The average Bonchev–Trinajstić information content (AvgIpc) is 2.76. The molecular weight excluding hydrogens is 421 g/mol. The van der Waals surface area contributed by atoms with Crippen LogP contribution in [0.1, 0.15) is 135 Å². The maximum Gasteiger partial charge on any atom is 0.268 e. The van der Waals surface area contributed by atoms with Gasteiger partial charge < -0.3 is 18.8 Å². The summed E-state index contributed by atoms with van der Waals surface area (Å²) in [7, 11) is 0.165. The van der Waals surface area contributed by atoms with Crippen molar-refractivity contribution in [1.82, 2.24) is 0 Å². The standard InChI is InChI=1S/C26H54NO4P/c1-4-5-6-7-8-9-10-11-12-13-14-15-16-17-18-19-24-30-32(28,29)31-26-22-20-25(21-23-26)27(2)3/h25-26H,4-24H2,1-3H3,(H,28,29). The lowest BCUT2D eigenvalue weighted by Gasteiger charge is -2.33. The topological polar surface area (TPSA) is 63.0 Å². The molecule has 1 rings (SSSR count). The highest BCUT2D eigenvalue weighted by atomic mass is 31.2. The Morgan fingerprint density at radius 1 is 0.719 bits per heavy atom. The first kappa shape index (κ1) is 30.1. The van der Waals surface area contributed by atoms with E-state index in [2.05, 4.69) is 21.0 Å². The lowest BCUT2D eigenvalue weighted by atomic mass is 9.92. The highest BCUT2D eigenvalue weighted by Crippen LogP contribution is 2.42. The molecule has 1 fully saturated rings. The Morgan fingerprint density at radius 3 is 1.53 bits per heavy atom. The summed E-state index contributed by atoms with van der Waals surface area (Å²) in [6.45, 7) is 2.54. The molecule has 192 valence electrons. The number of quaternary nitrogens is 1. The summed E-state index contributed by atoms with van der Waals surface area (Å²) >= 11 is 0. The van der Waals surface area contributed by atoms with E-state index in [0.717, 1.165) is 38.5 Å². The van der Waals surface area contributed by atoms with E-state index >= 15 is 0 Å². The van der Waals surface area contributed by atoms with E-state index in [1.165, 1.54) is 94.8 Å². The maximum absolute atomic E-state index is 12.1. The highest BCUT2D eigenvalue weighted by molar-refractivity contribution is 7.45. The van der Waals surface area contributed by atoms with Crippen molar-refractivity contribution in [2.24, 2.45) is 0 Å². The molecule has 0 bridgehead atoms. The summed E-state index contributed by atoms with van der Waals surface area (Å²) in [5, 5.41) is 0. The van der Waals surface area contributed by atoms with Crippen molar-refractivity contribution in [2.75, 3.05) is 20.7 Å². The monoisotopic (exact) mass is 475 g/mol. The second kappa shape index (κ2) is 19.4. The van der Waals surface area contributed by atoms with Crippen LogP contribution >= 0.6 is 7.82 Å². The van der Waals surface area contributed by atoms with Crippen LogP contribution in [-0.4, -0.2) is 32.8 Å². The highest BCUT2D eigenvalue weighted by Gasteiger charge is 2.28. The number of rotatable bonds is 21. The van der Waals surface area contributed by atoms with E-state index < -0.39 is 7.82 Å². The van der Waals surface area contributed by atoms with Crippen LogP contribution in [0.25, 0.3) is 0 Å². The van der Waals surface area contributed by atoms with Crippen LogP contribution < -0.4 is 9.79 Å². The Kier molecular flexibility index (Phi) is 18.2. The van der Waals surface area contributed by atoms with E-state index in [1.54, 1.807) is 0 Å². The third-order valence-electron chi connectivity index (χ3n) is 7.02. The van der Waals surface area contributed by atoms with Crippen molar-refractivity contribution in [3.8, 4) is 0 Å². The first-order valence-corrected chi connectivity index (χ1v) is 15.3. The van der Waals surface area contributed by atoms with Crippen LogP contribution in [0.15, 0.2) is 0 Å². The molecule has 0 spiro atoms. The Labute approximate surface area is 199 Å². The molecule has 0 aromatic rings. The SMILES string of the molecule is CCCCCCCCCCCCCCCCCCOP(=O)([O-])OC1CCC([NH+](C)C)CC1. The molecule has 6 heteroatoms. The third kappa shape index (κ3) is 16.6. The van der Waals surface area contributed by atoms with Gasteiger partial charge in [-0.1, -0.05) is 103 Å². The number of phosphoric ester groups is 1. The van der Waals surface area contributed by atoms with Crippen molar-refractivity contribution in [3.05, 3.63) is 0 Å². The summed E-state index contributed by atoms with van der Waals surface area (Å²) < 4.78 is 22.5. The van der Waals surface area contributed by atoms with E-state index in [1.807, 2.05) is 0 Å². The van der Waals surface area contributed by atoms with E-state index in [-0.39, 0.29) is 12.7 Å². The van der Waals surface area contributed by atoms with Crippen molar-refractivity contribution >= 4 is 7.82 Å². The molecule has 1 unspecified atom stereocenters. The van der Waals surface area contributed by atoms with Gasteiger partial charge in [0.1, 0.15) is 0 Å². The molecule has 0 heterocycles. The average molecular weight is 476 g/mol. The summed E-state index contributed by atoms with van der Waals surface area (Å²) in [6, 6.07) is 0.618. The molecule has 1 atom stereocenters. The first-order chi connectivity index (χ1) is 15.4. The first-order valence-electron chi connectivity index (χ1n) is 13.9. The fourth-order valence-electron chi connectivity index (χ4n) is 4.79. The van der Waals surface area contributed by atoms with Crippen molar-refractivity contribution in [3.63, 3.8) is 0 Å². The molecule has 5 nitrogen and oxygen atoms in total. The second-order valence-electron chi connectivity index (χ2n) is 10.2. The predicted molar refractivity (Wildman–Crippen MR) is 133 cm³/mol. The lowest BCUT2D eigenvalue weighted by molar-refractivity contribution is -0.887. The number of unbranched alkanes of at least 4 members (excludes halogenated alkanes) is 15. The zero-order valence-electron chi connectivity index (χ0n) is 21.6. The third-order valence-corrected chi connectivity index (χ3v) is 8.07. The summed E-state index contributed by atoms with van der Waals surface area (Å²) in [4.78, 5) is 13.5. The maximum atomic E-state index is 12.1. The molecule has 32 heavy (non-hydrogen) atoms. The van der Waals surface area contributed by atoms with Gasteiger partial charge in [0.15, 0.2) is 0 Å². The van der Waals surface area contributed by atoms with Gasteiger partial charge in [-0.05, 0) is 19.3 Å². The summed E-state index contributed by atoms with van der Waals surface area (Å²) in [6.07, 6.45) is 24.4. The van der Waals surface area contributed by atoms with Gasteiger partial charge in [-0.15, -0.1) is 0 Å². The minimum absolute atomic E-state index is 0.195. The van der Waals surface area contributed by atoms with Crippen LogP contribution in [0.2, 0.25) is 0 Å². The van der Waals surface area contributed by atoms with Gasteiger partial charge in [0, 0.05) is 12.8 Å². The number of nitrogens with one attached hydrogen (secondary N) is 1. The molecule has 0 aromatic carbocycles. The molecule has 0 aliphatic heterocycles. The second-order valence-corrected chi connectivity index (χ2v) is 11.6. The van der Waals surface area contributed by atoms with Crippen molar-refractivity contribution < 1.29 is 23.4 Å². The van der Waals surface area contributed by atoms with E-state index in [4.69, 9.17) is 9.05 Å². The Hall–Kier alpha value is 0.0700. The largest absolute Gasteiger partial charge is 0.756 e. The van der Waals surface area contributed by atoms with Gasteiger partial charge in [-0.3, -0.25) is 4.57 Å². The molecule has 0 aromatic heterocycles. The quantitative estimate of drug-likeness (QED) is 0.158. The number of phosphoric acid groups is 1. The van der Waals surface area contributed by atoms with E-state index in [9.17, 15) is 9.46 Å². The summed E-state index contributed by atoms with van der Waals surface area (Å²) in [5.74, 6) is 0. The molecule has 0 radical (unpaired) electrons. The minimum Gasteiger partial charge on any atom is -0.756 e. The van der Waals surface area contributed by atoms with Crippen molar-refractivity contribution in [2.45, 2.75) is 147 Å².